The summed E-state index contributed by atoms with van der Waals surface area (Å²) in [6.45, 7) is 0. The van der Waals surface area contributed by atoms with Crippen LogP contribution >= 0.6 is 12.2 Å². The van der Waals surface area contributed by atoms with Crippen molar-refractivity contribution in [1.29, 1.82) is 0 Å². The van der Waals surface area contributed by atoms with E-state index in [1.807, 2.05) is 0 Å². The van der Waals surface area contributed by atoms with Gasteiger partial charge in [-0.2, -0.15) is 13.2 Å². The SMILES string of the molecule is Cn1cc(C(F)(F)F)ccc1=S. The standard InChI is InChI=1S/C7H6F3NS/c1-11-4-5(7(8,9)10)2-3-6(11)12/h2-4H,1H3. The fraction of sp³-hybridized carbons (Fsp3) is 0.286. The molecule has 0 unspecified atom stereocenters. The lowest BCUT2D eigenvalue weighted by atomic mass is 10.3. The molecule has 0 amide bonds. The minimum absolute atomic E-state index is 0.378. The first kappa shape index (κ1) is 9.25. The van der Waals surface area contributed by atoms with Crippen molar-refractivity contribution in [3.05, 3.63) is 28.5 Å². The molecule has 66 valence electrons. The molecule has 1 rings (SSSR count). The van der Waals surface area contributed by atoms with Crippen LogP contribution in [0.1, 0.15) is 5.56 Å². The zero-order valence-corrected chi connectivity index (χ0v) is 7.04. The molecule has 5 heteroatoms. The molecule has 1 heterocycles. The number of nitrogens with zero attached hydrogens (tertiary/aromatic N) is 1. The van der Waals surface area contributed by atoms with E-state index in [0.717, 1.165) is 12.3 Å². The Kier molecular flexibility index (Phi) is 2.23. The summed E-state index contributed by atoms with van der Waals surface area (Å²) in [5.74, 6) is 0. The smallest absolute Gasteiger partial charge is 0.342 e. The summed E-state index contributed by atoms with van der Waals surface area (Å²) in [4.78, 5) is 0. The summed E-state index contributed by atoms with van der Waals surface area (Å²) < 4.78 is 37.8. The first-order valence-corrected chi connectivity index (χ1v) is 3.56. The second-order valence-corrected chi connectivity index (χ2v) is 2.78. The molecule has 1 aromatic rings. The molecule has 0 aliphatic rings. The Morgan fingerprint density at radius 2 is 1.92 bits per heavy atom. The lowest BCUT2D eigenvalue weighted by Gasteiger charge is -2.07. The number of aryl methyl sites for hydroxylation is 1. The highest BCUT2D eigenvalue weighted by Crippen LogP contribution is 2.28. The highest BCUT2D eigenvalue weighted by molar-refractivity contribution is 7.71. The quantitative estimate of drug-likeness (QED) is 0.573. The number of pyridine rings is 1. The van der Waals surface area contributed by atoms with Crippen molar-refractivity contribution in [1.82, 2.24) is 4.57 Å². The molecule has 0 saturated carbocycles. The minimum Gasteiger partial charge on any atom is -0.342 e. The molecule has 0 aromatic carbocycles. The molecule has 0 aliphatic heterocycles. The zero-order chi connectivity index (χ0) is 9.35. The van der Waals surface area contributed by atoms with Crippen molar-refractivity contribution in [3.8, 4) is 0 Å². The Bertz CT molecular complexity index is 339. The average molecular weight is 193 g/mol. The van der Waals surface area contributed by atoms with Gasteiger partial charge in [-0.25, -0.2) is 0 Å². The third kappa shape index (κ3) is 1.85. The predicted molar refractivity (Wildman–Crippen MR) is 41.2 cm³/mol. The van der Waals surface area contributed by atoms with E-state index in [4.69, 9.17) is 12.2 Å². The van der Waals surface area contributed by atoms with E-state index in [-0.39, 0.29) is 0 Å². The predicted octanol–water partition coefficient (Wildman–Crippen LogP) is 2.77. The normalized spacial score (nSPS) is 11.7. The molecule has 0 N–H and O–H groups in total. The molecule has 1 nitrogen and oxygen atoms in total. The third-order valence-corrected chi connectivity index (χ3v) is 1.84. The summed E-state index contributed by atoms with van der Waals surface area (Å²) in [5, 5.41) is 0. The van der Waals surface area contributed by atoms with Crippen molar-refractivity contribution in [2.75, 3.05) is 0 Å². The van der Waals surface area contributed by atoms with Crippen molar-refractivity contribution in [2.24, 2.45) is 7.05 Å². The molecule has 12 heavy (non-hydrogen) atoms. The van der Waals surface area contributed by atoms with Gasteiger partial charge in [-0.1, -0.05) is 12.2 Å². The Labute approximate surface area is 72.4 Å². The van der Waals surface area contributed by atoms with Gasteiger partial charge in [0.2, 0.25) is 0 Å². The average Bonchev–Trinajstić information content (AvgIpc) is 1.92. The van der Waals surface area contributed by atoms with Crippen LogP contribution in [-0.2, 0) is 13.2 Å². The van der Waals surface area contributed by atoms with Gasteiger partial charge in [0.1, 0.15) is 4.64 Å². The van der Waals surface area contributed by atoms with Gasteiger partial charge in [-0.05, 0) is 12.1 Å². The second-order valence-electron chi connectivity index (χ2n) is 2.36. The third-order valence-electron chi connectivity index (χ3n) is 1.41. The molecular formula is C7H6F3NS. The van der Waals surface area contributed by atoms with E-state index >= 15 is 0 Å². The van der Waals surface area contributed by atoms with E-state index in [1.54, 1.807) is 0 Å². The monoisotopic (exact) mass is 193 g/mol. The zero-order valence-electron chi connectivity index (χ0n) is 6.22. The van der Waals surface area contributed by atoms with Crippen molar-refractivity contribution >= 4 is 12.2 Å². The first-order chi connectivity index (χ1) is 5.41. The Morgan fingerprint density at radius 3 is 2.33 bits per heavy atom. The van der Waals surface area contributed by atoms with E-state index < -0.39 is 11.7 Å². The van der Waals surface area contributed by atoms with Crippen molar-refractivity contribution < 1.29 is 13.2 Å². The van der Waals surface area contributed by atoms with E-state index in [2.05, 4.69) is 0 Å². The summed E-state index contributed by atoms with van der Waals surface area (Å²) >= 11 is 4.73. The molecule has 1 aromatic heterocycles. The largest absolute Gasteiger partial charge is 0.417 e. The topological polar surface area (TPSA) is 4.93 Å². The molecule has 0 aliphatic carbocycles. The van der Waals surface area contributed by atoms with Crippen LogP contribution in [0.2, 0.25) is 0 Å². The van der Waals surface area contributed by atoms with Gasteiger partial charge in [0.05, 0.1) is 5.56 Å². The van der Waals surface area contributed by atoms with E-state index in [0.29, 0.717) is 4.64 Å². The van der Waals surface area contributed by atoms with Crippen LogP contribution in [0.15, 0.2) is 18.3 Å². The van der Waals surface area contributed by atoms with Crippen LogP contribution < -0.4 is 0 Å². The number of hydrogen-bond acceptors (Lipinski definition) is 1. The summed E-state index contributed by atoms with van der Waals surface area (Å²) in [6, 6.07) is 2.24. The van der Waals surface area contributed by atoms with Crippen LogP contribution in [0, 0.1) is 4.64 Å². The van der Waals surface area contributed by atoms with E-state index in [1.165, 1.54) is 17.7 Å². The Hall–Kier alpha value is -0.840. The van der Waals surface area contributed by atoms with E-state index in [9.17, 15) is 13.2 Å². The highest BCUT2D eigenvalue weighted by Gasteiger charge is 2.30. The van der Waals surface area contributed by atoms with Gasteiger partial charge < -0.3 is 4.57 Å². The van der Waals surface area contributed by atoms with Crippen molar-refractivity contribution in [3.63, 3.8) is 0 Å². The Morgan fingerprint density at radius 1 is 1.33 bits per heavy atom. The molecule has 0 fully saturated rings. The summed E-state index contributed by atoms with van der Waals surface area (Å²) in [5.41, 5.74) is -0.682. The van der Waals surface area contributed by atoms with Gasteiger partial charge in [-0.15, -0.1) is 0 Å². The van der Waals surface area contributed by atoms with Crippen LogP contribution in [0.3, 0.4) is 0 Å². The number of alkyl halides is 3. The van der Waals surface area contributed by atoms with Crippen LogP contribution in [0.25, 0.3) is 0 Å². The number of aromatic nitrogens is 1. The number of hydrogen-bond donors (Lipinski definition) is 0. The molecule has 0 atom stereocenters. The van der Waals surface area contributed by atoms with Crippen LogP contribution in [0.4, 0.5) is 13.2 Å². The fourth-order valence-corrected chi connectivity index (χ4v) is 0.882. The molecule has 0 saturated heterocycles. The van der Waals surface area contributed by atoms with Crippen LogP contribution in [-0.4, -0.2) is 4.57 Å². The maximum absolute atomic E-state index is 12.1. The van der Waals surface area contributed by atoms with Gasteiger partial charge in [-0.3, -0.25) is 0 Å². The highest BCUT2D eigenvalue weighted by atomic mass is 32.1. The summed E-state index contributed by atoms with van der Waals surface area (Å²) in [7, 11) is 1.48. The first-order valence-electron chi connectivity index (χ1n) is 3.15. The minimum atomic E-state index is -4.29. The maximum Gasteiger partial charge on any atom is 0.417 e. The number of rotatable bonds is 0. The fourth-order valence-electron chi connectivity index (χ4n) is 0.762. The molecule has 0 spiro atoms. The maximum atomic E-state index is 12.1. The van der Waals surface area contributed by atoms with Gasteiger partial charge in [0, 0.05) is 13.2 Å². The van der Waals surface area contributed by atoms with Crippen molar-refractivity contribution in [2.45, 2.75) is 6.18 Å². The van der Waals surface area contributed by atoms with Gasteiger partial charge >= 0.3 is 6.18 Å². The number of halogens is 3. The molecule has 0 bridgehead atoms. The molecule has 0 radical (unpaired) electrons. The van der Waals surface area contributed by atoms with Gasteiger partial charge in [0.25, 0.3) is 0 Å². The lowest BCUT2D eigenvalue weighted by Crippen LogP contribution is -2.07. The van der Waals surface area contributed by atoms with Crippen LogP contribution in [0.5, 0.6) is 0 Å². The second kappa shape index (κ2) is 2.90. The molecular weight excluding hydrogens is 187 g/mol. The summed E-state index contributed by atoms with van der Waals surface area (Å²) in [6.07, 6.45) is -3.32. The Balaban J connectivity index is 3.23. The van der Waals surface area contributed by atoms with Gasteiger partial charge in [0.15, 0.2) is 0 Å². The lowest BCUT2D eigenvalue weighted by molar-refractivity contribution is -0.138.